The second-order valence-corrected chi connectivity index (χ2v) is 4.70. The fourth-order valence-electron chi connectivity index (χ4n) is 0.901. The number of amides is 1. The summed E-state index contributed by atoms with van der Waals surface area (Å²) in [6, 6.07) is 0. The molecule has 0 heterocycles. The fourth-order valence-corrected chi connectivity index (χ4v) is 0.901. The van der Waals surface area contributed by atoms with Crippen molar-refractivity contribution in [2.45, 2.75) is 25.6 Å². The molecular weight excluding hydrogens is 235 g/mol. The van der Waals surface area contributed by atoms with Gasteiger partial charge in [-0.15, -0.1) is 0 Å². The van der Waals surface area contributed by atoms with Gasteiger partial charge in [0.25, 0.3) is 0 Å². The Kier molecular flexibility index (Phi) is 5.91. The summed E-state index contributed by atoms with van der Waals surface area (Å²) >= 11 is 0. The number of carbonyl (C=O) groups is 1. The molecule has 0 aromatic rings. The molecule has 0 aliphatic carbocycles. The molecule has 0 spiro atoms. The van der Waals surface area contributed by atoms with Crippen molar-refractivity contribution in [3.63, 3.8) is 0 Å². The maximum Gasteiger partial charge on any atom is 0.405 e. The van der Waals surface area contributed by atoms with Gasteiger partial charge in [-0.25, -0.2) is 0 Å². The summed E-state index contributed by atoms with van der Waals surface area (Å²) in [5.74, 6) is -0.656. The first-order chi connectivity index (χ1) is 7.54. The molecule has 0 aromatic carbocycles. The molecule has 0 saturated heterocycles. The average molecular weight is 255 g/mol. The van der Waals surface area contributed by atoms with E-state index in [4.69, 9.17) is 0 Å². The monoisotopic (exact) mass is 255 g/mol. The third-order valence-electron chi connectivity index (χ3n) is 2.54. The standard InChI is InChI=1S/C10H20F3N3O/c1-9(2,16(3)4)6-14-5-8(17)15-7-10(11,12)13/h14H,5-7H2,1-4H3,(H,15,17). The van der Waals surface area contributed by atoms with Crippen LogP contribution in [0.3, 0.4) is 0 Å². The first-order valence-electron chi connectivity index (χ1n) is 5.26. The maximum absolute atomic E-state index is 11.8. The molecule has 0 aromatic heterocycles. The molecule has 17 heavy (non-hydrogen) atoms. The number of carbonyl (C=O) groups excluding carboxylic acids is 1. The Labute approximate surface area is 99.5 Å². The van der Waals surface area contributed by atoms with E-state index >= 15 is 0 Å². The lowest BCUT2D eigenvalue weighted by molar-refractivity contribution is -0.137. The minimum atomic E-state index is -4.36. The molecule has 0 aliphatic heterocycles. The maximum atomic E-state index is 11.8. The largest absolute Gasteiger partial charge is 0.405 e. The lowest BCUT2D eigenvalue weighted by atomic mass is 10.0. The SMILES string of the molecule is CN(C)C(C)(C)CNCC(=O)NCC(F)(F)F. The zero-order chi connectivity index (χ0) is 13.7. The van der Waals surface area contributed by atoms with Gasteiger partial charge in [0, 0.05) is 12.1 Å². The summed E-state index contributed by atoms with van der Waals surface area (Å²) in [6.45, 7) is 3.04. The van der Waals surface area contributed by atoms with Crippen molar-refractivity contribution in [3.05, 3.63) is 0 Å². The molecule has 7 heteroatoms. The van der Waals surface area contributed by atoms with Crippen LogP contribution in [0.25, 0.3) is 0 Å². The van der Waals surface area contributed by atoms with Crippen molar-refractivity contribution in [3.8, 4) is 0 Å². The molecule has 0 bridgehead atoms. The van der Waals surface area contributed by atoms with Gasteiger partial charge in [0.15, 0.2) is 0 Å². The van der Waals surface area contributed by atoms with Crippen molar-refractivity contribution in [2.24, 2.45) is 0 Å². The normalized spacial score (nSPS) is 12.9. The van der Waals surface area contributed by atoms with Crippen LogP contribution in [0.15, 0.2) is 0 Å². The summed E-state index contributed by atoms with van der Waals surface area (Å²) in [4.78, 5) is 13.0. The molecule has 102 valence electrons. The van der Waals surface area contributed by atoms with Crippen molar-refractivity contribution in [2.75, 3.05) is 33.7 Å². The predicted molar refractivity (Wildman–Crippen MR) is 59.7 cm³/mol. The lowest BCUT2D eigenvalue weighted by Gasteiger charge is -2.32. The second kappa shape index (κ2) is 6.20. The smallest absolute Gasteiger partial charge is 0.346 e. The van der Waals surface area contributed by atoms with Crippen LogP contribution < -0.4 is 10.6 Å². The number of halogens is 3. The van der Waals surface area contributed by atoms with Crippen molar-refractivity contribution >= 4 is 5.91 Å². The van der Waals surface area contributed by atoms with E-state index in [9.17, 15) is 18.0 Å². The summed E-state index contributed by atoms with van der Waals surface area (Å²) in [5, 5.41) is 4.62. The molecule has 4 nitrogen and oxygen atoms in total. The van der Waals surface area contributed by atoms with Crippen LogP contribution in [0, 0.1) is 0 Å². The molecule has 0 unspecified atom stereocenters. The van der Waals surface area contributed by atoms with Gasteiger partial charge in [0.05, 0.1) is 6.54 Å². The topological polar surface area (TPSA) is 44.4 Å². The van der Waals surface area contributed by atoms with Gasteiger partial charge in [-0.2, -0.15) is 13.2 Å². The van der Waals surface area contributed by atoms with E-state index < -0.39 is 18.6 Å². The number of hydrogen-bond acceptors (Lipinski definition) is 3. The van der Waals surface area contributed by atoms with E-state index in [1.54, 1.807) is 5.32 Å². The molecule has 0 radical (unpaired) electrons. The van der Waals surface area contributed by atoms with Crippen molar-refractivity contribution < 1.29 is 18.0 Å². The molecular formula is C10H20F3N3O. The number of rotatable bonds is 6. The van der Waals surface area contributed by atoms with Crippen LogP contribution in [0.1, 0.15) is 13.8 Å². The Morgan fingerprint density at radius 2 is 1.71 bits per heavy atom. The minimum absolute atomic E-state index is 0.118. The van der Waals surface area contributed by atoms with Gasteiger partial charge in [-0.3, -0.25) is 4.79 Å². The fraction of sp³-hybridized carbons (Fsp3) is 0.900. The lowest BCUT2D eigenvalue weighted by Crippen LogP contribution is -2.49. The molecule has 1 amide bonds. The van der Waals surface area contributed by atoms with Crippen LogP contribution in [0.2, 0.25) is 0 Å². The Morgan fingerprint density at radius 1 is 1.18 bits per heavy atom. The summed E-state index contributed by atoms with van der Waals surface area (Å²) in [6.07, 6.45) is -4.36. The van der Waals surface area contributed by atoms with Crippen LogP contribution >= 0.6 is 0 Å². The van der Waals surface area contributed by atoms with Gasteiger partial charge in [-0.05, 0) is 27.9 Å². The van der Waals surface area contributed by atoms with E-state index in [0.29, 0.717) is 6.54 Å². The van der Waals surface area contributed by atoms with E-state index in [1.807, 2.05) is 32.8 Å². The van der Waals surface area contributed by atoms with Crippen LogP contribution in [-0.2, 0) is 4.79 Å². The number of alkyl halides is 3. The zero-order valence-corrected chi connectivity index (χ0v) is 10.6. The summed E-state index contributed by atoms with van der Waals surface area (Å²) < 4.78 is 35.4. The van der Waals surface area contributed by atoms with E-state index in [-0.39, 0.29) is 12.1 Å². The van der Waals surface area contributed by atoms with Crippen LogP contribution in [-0.4, -0.2) is 56.3 Å². The predicted octanol–water partition coefficient (Wildman–Crippen LogP) is 0.595. The first kappa shape index (κ1) is 16.2. The second-order valence-electron chi connectivity index (χ2n) is 4.70. The molecule has 0 saturated carbocycles. The summed E-state index contributed by atoms with van der Waals surface area (Å²) in [5.41, 5.74) is -0.162. The first-order valence-corrected chi connectivity index (χ1v) is 5.26. The molecule has 0 rings (SSSR count). The molecule has 0 fully saturated rings. The van der Waals surface area contributed by atoms with Crippen LogP contribution in [0.5, 0.6) is 0 Å². The highest BCUT2D eigenvalue weighted by atomic mass is 19.4. The van der Waals surface area contributed by atoms with E-state index in [1.165, 1.54) is 0 Å². The quantitative estimate of drug-likeness (QED) is 0.730. The summed E-state index contributed by atoms with van der Waals surface area (Å²) in [7, 11) is 3.79. The zero-order valence-electron chi connectivity index (χ0n) is 10.6. The molecule has 2 N–H and O–H groups in total. The van der Waals surface area contributed by atoms with Crippen molar-refractivity contribution in [1.29, 1.82) is 0 Å². The number of nitrogens with zero attached hydrogens (tertiary/aromatic N) is 1. The van der Waals surface area contributed by atoms with Gasteiger partial charge in [-0.1, -0.05) is 0 Å². The number of hydrogen-bond donors (Lipinski definition) is 2. The van der Waals surface area contributed by atoms with Gasteiger partial charge in [0.1, 0.15) is 6.54 Å². The third kappa shape index (κ3) is 7.98. The van der Waals surface area contributed by atoms with Crippen LogP contribution in [0.4, 0.5) is 13.2 Å². The highest BCUT2D eigenvalue weighted by Gasteiger charge is 2.27. The Balaban J connectivity index is 3.80. The number of likely N-dealkylation sites (N-methyl/N-ethyl adjacent to an activating group) is 1. The van der Waals surface area contributed by atoms with Crippen molar-refractivity contribution in [1.82, 2.24) is 15.5 Å². The van der Waals surface area contributed by atoms with Gasteiger partial charge < -0.3 is 15.5 Å². The Bertz CT molecular complexity index is 252. The third-order valence-corrected chi connectivity index (χ3v) is 2.54. The van der Waals surface area contributed by atoms with E-state index in [2.05, 4.69) is 5.32 Å². The number of nitrogens with one attached hydrogen (secondary N) is 2. The molecule has 0 aliphatic rings. The van der Waals surface area contributed by atoms with Gasteiger partial charge >= 0.3 is 6.18 Å². The Morgan fingerprint density at radius 3 is 2.12 bits per heavy atom. The molecule has 0 atom stereocenters. The highest BCUT2D eigenvalue weighted by molar-refractivity contribution is 5.78. The van der Waals surface area contributed by atoms with Gasteiger partial charge in [0.2, 0.25) is 5.91 Å². The Hall–Kier alpha value is -0.820. The minimum Gasteiger partial charge on any atom is -0.346 e. The average Bonchev–Trinajstić information content (AvgIpc) is 2.13. The van der Waals surface area contributed by atoms with E-state index in [0.717, 1.165) is 0 Å². The highest BCUT2D eigenvalue weighted by Crippen LogP contribution is 2.12.